The summed E-state index contributed by atoms with van der Waals surface area (Å²) >= 11 is 0. The molecule has 16 heavy (non-hydrogen) atoms. The molecule has 1 rings (SSSR count). The average Bonchev–Trinajstić information content (AvgIpc) is 2.24. The number of nitrogens with two attached hydrogens (primary N) is 1. The van der Waals surface area contributed by atoms with E-state index in [-0.39, 0.29) is 18.7 Å². The molecule has 0 fully saturated rings. The fraction of sp³-hybridized carbons (Fsp3) is 0.400. The van der Waals surface area contributed by atoms with Crippen molar-refractivity contribution in [2.45, 2.75) is 6.54 Å². The Morgan fingerprint density at radius 2 is 2.19 bits per heavy atom. The van der Waals surface area contributed by atoms with E-state index in [0.29, 0.717) is 12.3 Å². The monoisotopic (exact) mass is 226 g/mol. The van der Waals surface area contributed by atoms with Gasteiger partial charge in [0.2, 0.25) is 0 Å². The lowest BCUT2D eigenvalue weighted by Gasteiger charge is -2.06. The van der Waals surface area contributed by atoms with Crippen LogP contribution in [0.4, 0.5) is 5.69 Å². The summed E-state index contributed by atoms with van der Waals surface area (Å²) in [5.74, 6) is -0.496. The minimum Gasteiger partial charge on any atom is -0.462 e. The van der Waals surface area contributed by atoms with Gasteiger partial charge in [-0.1, -0.05) is 0 Å². The number of hydrogen-bond acceptors (Lipinski definition) is 5. The number of ether oxygens (including phenoxy) is 2. The molecule has 0 aromatic carbocycles. The van der Waals surface area contributed by atoms with Gasteiger partial charge in [0.1, 0.15) is 13.2 Å². The molecule has 0 saturated heterocycles. The molecule has 0 aliphatic carbocycles. The van der Waals surface area contributed by atoms with Gasteiger partial charge in [-0.25, -0.2) is 0 Å². The first kappa shape index (κ1) is 12.3. The number of aromatic nitrogens is 1. The summed E-state index contributed by atoms with van der Waals surface area (Å²) in [6.07, 6.45) is 1.40. The Morgan fingerprint density at radius 1 is 1.44 bits per heavy atom. The van der Waals surface area contributed by atoms with E-state index in [0.717, 1.165) is 0 Å². The third kappa shape index (κ3) is 3.74. The highest BCUT2D eigenvalue weighted by atomic mass is 16.6. The molecule has 88 valence electrons. The van der Waals surface area contributed by atoms with Crippen molar-refractivity contribution in [3.63, 3.8) is 0 Å². The van der Waals surface area contributed by atoms with Crippen molar-refractivity contribution in [1.82, 2.24) is 4.57 Å². The van der Waals surface area contributed by atoms with Crippen LogP contribution in [0.5, 0.6) is 0 Å². The van der Waals surface area contributed by atoms with Gasteiger partial charge in [0.25, 0.3) is 5.56 Å². The van der Waals surface area contributed by atoms with Crippen LogP contribution in [0.25, 0.3) is 0 Å². The van der Waals surface area contributed by atoms with Gasteiger partial charge in [0.05, 0.1) is 6.61 Å². The molecule has 0 radical (unpaired) electrons. The molecular weight excluding hydrogens is 212 g/mol. The molecule has 2 N–H and O–H groups in total. The third-order valence-electron chi connectivity index (χ3n) is 1.86. The molecule has 1 aromatic rings. The minimum absolute atomic E-state index is 0.145. The number of hydrogen-bond donors (Lipinski definition) is 1. The zero-order valence-electron chi connectivity index (χ0n) is 9.01. The van der Waals surface area contributed by atoms with E-state index in [9.17, 15) is 9.59 Å². The second-order valence-corrected chi connectivity index (χ2v) is 3.14. The van der Waals surface area contributed by atoms with Crippen LogP contribution in [-0.2, 0) is 20.8 Å². The second kappa shape index (κ2) is 5.92. The van der Waals surface area contributed by atoms with Crippen molar-refractivity contribution in [3.05, 3.63) is 28.7 Å². The normalized spacial score (nSPS) is 10.1. The largest absolute Gasteiger partial charge is 0.462 e. The standard InChI is InChI=1S/C10H14N2O4/c1-15-4-5-16-10(14)7-12-6-8(11)2-3-9(12)13/h2-3,6H,4-5,7,11H2,1H3. The number of methoxy groups -OCH3 is 1. The van der Waals surface area contributed by atoms with Crippen LogP contribution >= 0.6 is 0 Å². The smallest absolute Gasteiger partial charge is 0.326 e. The molecule has 6 nitrogen and oxygen atoms in total. The lowest BCUT2D eigenvalue weighted by Crippen LogP contribution is -2.25. The summed E-state index contributed by atoms with van der Waals surface area (Å²) in [4.78, 5) is 22.6. The Balaban J connectivity index is 2.56. The van der Waals surface area contributed by atoms with Gasteiger partial charge >= 0.3 is 5.97 Å². The number of esters is 1. The predicted octanol–water partition coefficient (Wildman–Crippen LogP) is -0.380. The van der Waals surface area contributed by atoms with Gasteiger partial charge in [-0.05, 0) is 6.07 Å². The van der Waals surface area contributed by atoms with Crippen LogP contribution in [0.2, 0.25) is 0 Å². The van der Waals surface area contributed by atoms with Gasteiger partial charge in [-0.2, -0.15) is 0 Å². The van der Waals surface area contributed by atoms with Crippen molar-refractivity contribution in [3.8, 4) is 0 Å². The first-order chi connectivity index (χ1) is 7.63. The summed E-state index contributed by atoms with van der Waals surface area (Å²) in [7, 11) is 1.51. The van der Waals surface area contributed by atoms with Crippen molar-refractivity contribution in [1.29, 1.82) is 0 Å². The van der Waals surface area contributed by atoms with Gasteiger partial charge < -0.3 is 19.8 Å². The molecule has 0 bridgehead atoms. The van der Waals surface area contributed by atoms with E-state index in [1.807, 2.05) is 0 Å². The lowest BCUT2D eigenvalue weighted by atomic mass is 10.4. The summed E-state index contributed by atoms with van der Waals surface area (Å²) in [6, 6.07) is 2.78. The van der Waals surface area contributed by atoms with Crippen LogP contribution < -0.4 is 11.3 Å². The SMILES string of the molecule is COCCOC(=O)Cn1cc(N)ccc1=O. The van der Waals surface area contributed by atoms with Gasteiger partial charge in [0, 0.05) is 25.1 Å². The Morgan fingerprint density at radius 3 is 2.88 bits per heavy atom. The number of carbonyl (C=O) groups is 1. The summed E-state index contributed by atoms with van der Waals surface area (Å²) in [5, 5.41) is 0. The molecular formula is C10H14N2O4. The lowest BCUT2D eigenvalue weighted by molar-refractivity contribution is -0.145. The van der Waals surface area contributed by atoms with E-state index in [1.54, 1.807) is 0 Å². The molecule has 1 heterocycles. The fourth-order valence-corrected chi connectivity index (χ4v) is 1.10. The van der Waals surface area contributed by atoms with Crippen molar-refractivity contribution < 1.29 is 14.3 Å². The van der Waals surface area contributed by atoms with E-state index in [1.165, 1.54) is 30.0 Å². The van der Waals surface area contributed by atoms with E-state index in [4.69, 9.17) is 15.2 Å². The first-order valence-electron chi connectivity index (χ1n) is 4.74. The van der Waals surface area contributed by atoms with Crippen LogP contribution in [0, 0.1) is 0 Å². The highest BCUT2D eigenvalue weighted by Gasteiger charge is 2.05. The summed E-state index contributed by atoms with van der Waals surface area (Å²) in [5.41, 5.74) is 5.62. The van der Waals surface area contributed by atoms with E-state index < -0.39 is 5.97 Å². The Bertz CT molecular complexity index is 414. The zero-order chi connectivity index (χ0) is 12.0. The number of carbonyl (C=O) groups excluding carboxylic acids is 1. The Kier molecular flexibility index (Phi) is 4.53. The topological polar surface area (TPSA) is 83.6 Å². The highest BCUT2D eigenvalue weighted by molar-refractivity contribution is 5.69. The van der Waals surface area contributed by atoms with Gasteiger partial charge in [0.15, 0.2) is 0 Å². The van der Waals surface area contributed by atoms with Crippen molar-refractivity contribution in [2.24, 2.45) is 0 Å². The number of nitrogens with zero attached hydrogens (tertiary/aromatic N) is 1. The fourth-order valence-electron chi connectivity index (χ4n) is 1.10. The molecule has 0 aliphatic rings. The number of nitrogen functional groups attached to an aromatic ring is 1. The van der Waals surface area contributed by atoms with Gasteiger partial charge in [-0.15, -0.1) is 0 Å². The number of pyridine rings is 1. The van der Waals surface area contributed by atoms with Gasteiger partial charge in [-0.3, -0.25) is 9.59 Å². The zero-order valence-corrected chi connectivity index (χ0v) is 9.01. The summed E-state index contributed by atoms with van der Waals surface area (Å²) in [6.45, 7) is 0.359. The van der Waals surface area contributed by atoms with Crippen LogP contribution in [0.15, 0.2) is 23.1 Å². The first-order valence-corrected chi connectivity index (χ1v) is 4.74. The van der Waals surface area contributed by atoms with Crippen LogP contribution in [0.3, 0.4) is 0 Å². The molecule has 0 saturated carbocycles. The quantitative estimate of drug-likeness (QED) is 0.546. The molecule has 0 unspecified atom stereocenters. The van der Waals surface area contributed by atoms with E-state index >= 15 is 0 Å². The highest BCUT2D eigenvalue weighted by Crippen LogP contribution is 1.96. The third-order valence-corrected chi connectivity index (χ3v) is 1.86. The maximum atomic E-state index is 11.3. The number of rotatable bonds is 5. The Hall–Kier alpha value is -1.82. The molecule has 0 aliphatic heterocycles. The molecule has 6 heteroatoms. The molecule has 1 aromatic heterocycles. The molecule has 0 amide bonds. The Labute approximate surface area is 92.6 Å². The number of anilines is 1. The van der Waals surface area contributed by atoms with Crippen molar-refractivity contribution >= 4 is 11.7 Å². The maximum Gasteiger partial charge on any atom is 0.326 e. The summed E-state index contributed by atoms with van der Waals surface area (Å²) < 4.78 is 10.7. The van der Waals surface area contributed by atoms with Crippen molar-refractivity contribution in [2.75, 3.05) is 26.1 Å². The predicted molar refractivity (Wildman–Crippen MR) is 57.9 cm³/mol. The average molecular weight is 226 g/mol. The molecule has 0 spiro atoms. The van der Waals surface area contributed by atoms with Crippen LogP contribution in [0.1, 0.15) is 0 Å². The second-order valence-electron chi connectivity index (χ2n) is 3.14. The van der Waals surface area contributed by atoms with E-state index in [2.05, 4.69) is 0 Å². The minimum atomic E-state index is -0.496. The molecule has 0 atom stereocenters. The maximum absolute atomic E-state index is 11.3. The van der Waals surface area contributed by atoms with Crippen LogP contribution in [-0.4, -0.2) is 30.9 Å².